The zero-order valence-electron chi connectivity index (χ0n) is 10.1. The summed E-state index contributed by atoms with van der Waals surface area (Å²) in [5.41, 5.74) is 0. The van der Waals surface area contributed by atoms with Crippen LogP contribution in [0.2, 0.25) is 0 Å². The number of hydrogen-bond donors (Lipinski definition) is 4. The van der Waals surface area contributed by atoms with Crippen LogP contribution in [0.3, 0.4) is 0 Å². The second-order valence-corrected chi connectivity index (χ2v) is 16.5. The Labute approximate surface area is 109 Å². The van der Waals surface area contributed by atoms with E-state index in [9.17, 15) is 18.3 Å². The molecule has 0 bridgehead atoms. The maximum atomic E-state index is 11.7. The second kappa shape index (κ2) is 6.63. The van der Waals surface area contributed by atoms with Gasteiger partial charge in [0.25, 0.3) is 0 Å². The lowest BCUT2D eigenvalue weighted by atomic mass is 11.0. The van der Waals surface area contributed by atoms with E-state index < -0.39 is 47.8 Å². The molecule has 0 aromatic rings. The van der Waals surface area contributed by atoms with E-state index in [1.807, 2.05) is 0 Å². The van der Waals surface area contributed by atoms with Gasteiger partial charge in [-0.05, 0) is 0 Å². The molecule has 0 spiro atoms. The predicted octanol–water partition coefficient (Wildman–Crippen LogP) is 1.76. The summed E-state index contributed by atoms with van der Waals surface area (Å²) in [6.45, 7) is 1.25. The van der Waals surface area contributed by atoms with Crippen LogP contribution in [0.15, 0.2) is 0 Å². The van der Waals surface area contributed by atoms with Gasteiger partial charge in [0.2, 0.25) is 0 Å². The molecule has 4 N–H and O–H groups in total. The van der Waals surface area contributed by atoms with Crippen molar-refractivity contribution in [2.24, 2.45) is 0 Å². The molecule has 19 heavy (non-hydrogen) atoms. The van der Waals surface area contributed by atoms with Gasteiger partial charge in [0.05, 0.1) is 0 Å². The molecule has 2 unspecified atom stereocenters. The first kappa shape index (κ1) is 19.7. The first-order valence-corrected chi connectivity index (χ1v) is 13.2. The van der Waals surface area contributed by atoms with Gasteiger partial charge in [-0.1, -0.05) is 13.8 Å². The molecule has 14 heteroatoms. The maximum Gasteiger partial charge on any atom is 0.407 e. The van der Waals surface area contributed by atoms with Crippen molar-refractivity contribution in [3.63, 3.8) is 0 Å². The zero-order valence-corrected chi connectivity index (χ0v) is 13.7. The lowest BCUT2D eigenvalue weighted by Crippen LogP contribution is -2.01. The Morgan fingerprint density at radius 3 is 1.16 bits per heavy atom. The molecule has 0 radical (unpaired) electrons. The normalized spacial score (nSPS) is 19.7. The fourth-order valence-corrected chi connectivity index (χ4v) is 6.21. The summed E-state index contributed by atoms with van der Waals surface area (Å²) < 4.78 is 54.0. The highest BCUT2D eigenvalue weighted by Crippen LogP contribution is 2.79. The molecule has 0 aliphatic rings. The quantitative estimate of drug-likeness (QED) is 0.370. The van der Waals surface area contributed by atoms with E-state index in [0.717, 1.165) is 0 Å². The third-order valence-corrected chi connectivity index (χ3v) is 13.5. The minimum Gasteiger partial charge on any atom is -0.318 e. The largest absolute Gasteiger partial charge is 0.407 e. The third-order valence-electron chi connectivity index (χ3n) is 2.10. The molecule has 0 fully saturated rings. The molecule has 0 aliphatic carbocycles. The molecular formula is C5H16O10P4. The highest BCUT2D eigenvalue weighted by Gasteiger charge is 2.45. The van der Waals surface area contributed by atoms with Crippen LogP contribution in [-0.2, 0) is 27.3 Å². The van der Waals surface area contributed by atoms with Gasteiger partial charge < -0.3 is 19.6 Å². The number of rotatable bonds is 8. The van der Waals surface area contributed by atoms with E-state index in [0.29, 0.717) is 0 Å². The molecule has 0 heterocycles. The van der Waals surface area contributed by atoms with Crippen molar-refractivity contribution >= 4 is 28.7 Å². The van der Waals surface area contributed by atoms with Crippen molar-refractivity contribution in [1.82, 2.24) is 0 Å². The van der Waals surface area contributed by atoms with Crippen molar-refractivity contribution in [2.45, 2.75) is 13.8 Å². The molecule has 116 valence electrons. The van der Waals surface area contributed by atoms with E-state index in [1.165, 1.54) is 13.8 Å². The average molecular weight is 360 g/mol. The summed E-state index contributed by atoms with van der Waals surface area (Å²) in [6, 6.07) is 0. The van der Waals surface area contributed by atoms with Crippen LogP contribution in [0, 0.1) is 0 Å². The molecule has 10 nitrogen and oxygen atoms in total. The molecule has 0 saturated carbocycles. The highest BCUT2D eigenvalue weighted by molar-refractivity contribution is 8.29. The van der Waals surface area contributed by atoms with Crippen LogP contribution in [0.4, 0.5) is 0 Å². The smallest absolute Gasteiger partial charge is 0.318 e. The highest BCUT2D eigenvalue weighted by atomic mass is 32.1. The SMILES string of the molecule is CCP(=O)(OCOP(=O)(CC)P(=O)(O)O)P(=O)(O)O. The van der Waals surface area contributed by atoms with Gasteiger partial charge in [-0.25, -0.2) is 9.13 Å². The Balaban J connectivity index is 4.87. The summed E-state index contributed by atoms with van der Waals surface area (Å²) in [6.07, 6.45) is -1.01. The fraction of sp³-hybridized carbons (Fsp3) is 1.00. The molecule has 0 aliphatic heterocycles. The second-order valence-electron chi connectivity index (χ2n) is 3.31. The van der Waals surface area contributed by atoms with Crippen LogP contribution in [0.5, 0.6) is 0 Å². The summed E-state index contributed by atoms with van der Waals surface area (Å²) in [4.78, 5) is 35.3. The molecule has 0 aromatic carbocycles. The van der Waals surface area contributed by atoms with E-state index >= 15 is 0 Å². The fourth-order valence-electron chi connectivity index (χ4n) is 0.890. The first-order chi connectivity index (χ1) is 8.33. The average Bonchev–Trinajstić information content (AvgIpc) is 2.25. The molecule has 2 atom stereocenters. The van der Waals surface area contributed by atoms with Gasteiger partial charge in [0.15, 0.2) is 6.79 Å². The first-order valence-electron chi connectivity index (χ1n) is 4.92. The topological polar surface area (TPSA) is 168 Å². The van der Waals surface area contributed by atoms with Gasteiger partial charge >= 0.3 is 28.7 Å². The Bertz CT molecular complexity index is 442. The van der Waals surface area contributed by atoms with Crippen molar-refractivity contribution in [3.8, 4) is 0 Å². The molecule has 0 aromatic heterocycles. The maximum absolute atomic E-state index is 11.7. The van der Waals surface area contributed by atoms with E-state index in [4.69, 9.17) is 19.6 Å². The summed E-state index contributed by atoms with van der Waals surface area (Å²) in [7, 11) is -18.8. The summed E-state index contributed by atoms with van der Waals surface area (Å²) in [5.74, 6) is 0. The van der Waals surface area contributed by atoms with Gasteiger partial charge in [-0.15, -0.1) is 0 Å². The Kier molecular flexibility index (Phi) is 6.87. The number of hydrogen-bond acceptors (Lipinski definition) is 6. The van der Waals surface area contributed by atoms with Crippen LogP contribution in [0.1, 0.15) is 13.8 Å². The Morgan fingerprint density at radius 1 is 0.737 bits per heavy atom. The van der Waals surface area contributed by atoms with Crippen LogP contribution >= 0.6 is 28.7 Å². The van der Waals surface area contributed by atoms with Crippen molar-refractivity contribution in [2.75, 3.05) is 19.1 Å². The monoisotopic (exact) mass is 360 g/mol. The van der Waals surface area contributed by atoms with Gasteiger partial charge in [-0.3, -0.25) is 18.2 Å². The van der Waals surface area contributed by atoms with E-state index in [2.05, 4.69) is 9.05 Å². The zero-order chi connectivity index (χ0) is 15.5. The molecule has 0 rings (SSSR count). The Hall–Kier alpha value is 0.680. The van der Waals surface area contributed by atoms with E-state index in [-0.39, 0.29) is 0 Å². The van der Waals surface area contributed by atoms with Crippen LogP contribution in [-0.4, -0.2) is 38.7 Å². The minimum absolute atomic E-state index is 0.507. The molecule has 0 amide bonds. The lowest BCUT2D eigenvalue weighted by molar-refractivity contribution is 0.128. The van der Waals surface area contributed by atoms with Gasteiger partial charge in [0.1, 0.15) is 0 Å². The van der Waals surface area contributed by atoms with Crippen molar-refractivity contribution < 1.29 is 46.9 Å². The molecular weight excluding hydrogens is 344 g/mol. The molecule has 0 saturated heterocycles. The van der Waals surface area contributed by atoms with Gasteiger partial charge in [-0.2, -0.15) is 0 Å². The van der Waals surface area contributed by atoms with Gasteiger partial charge in [0, 0.05) is 12.3 Å². The van der Waals surface area contributed by atoms with Crippen LogP contribution in [0.25, 0.3) is 0 Å². The summed E-state index contributed by atoms with van der Waals surface area (Å²) >= 11 is 0. The summed E-state index contributed by atoms with van der Waals surface area (Å²) in [5, 5.41) is 0. The van der Waals surface area contributed by atoms with Crippen molar-refractivity contribution in [3.05, 3.63) is 0 Å². The Morgan fingerprint density at radius 2 is 1.00 bits per heavy atom. The van der Waals surface area contributed by atoms with Crippen LogP contribution < -0.4 is 0 Å². The van der Waals surface area contributed by atoms with E-state index in [1.54, 1.807) is 0 Å². The lowest BCUT2D eigenvalue weighted by Gasteiger charge is -2.21. The third kappa shape index (κ3) is 4.87. The predicted molar refractivity (Wildman–Crippen MR) is 67.4 cm³/mol. The van der Waals surface area contributed by atoms with Crippen molar-refractivity contribution in [1.29, 1.82) is 0 Å². The minimum atomic E-state index is -5.05. The standard InChI is InChI=1S/C5H16O10P4/c1-3-16(6,18(8,9)10)14-5-15-17(7,4-2)19(11,12)13/h3-5H2,1-2H3,(H2,8,9,10)(H2,11,12,13).